The number of aromatic nitrogens is 2. The van der Waals surface area contributed by atoms with Crippen LogP contribution in [0.4, 0.5) is 19.0 Å². The number of nitrogens with zero attached hydrogens (tertiary/aromatic N) is 2. The van der Waals surface area contributed by atoms with Gasteiger partial charge in [0.25, 0.3) is 0 Å². The third-order valence-electron chi connectivity index (χ3n) is 2.87. The van der Waals surface area contributed by atoms with Gasteiger partial charge in [-0.2, -0.15) is 13.2 Å². The van der Waals surface area contributed by atoms with Gasteiger partial charge in [0, 0.05) is 5.56 Å². The Morgan fingerprint density at radius 2 is 1.95 bits per heavy atom. The molecule has 0 saturated heterocycles. The summed E-state index contributed by atoms with van der Waals surface area (Å²) in [5.74, 6) is 0.321. The van der Waals surface area contributed by atoms with E-state index in [1.165, 1.54) is 24.5 Å². The van der Waals surface area contributed by atoms with E-state index in [4.69, 9.17) is 16.3 Å². The number of anilines is 1. The van der Waals surface area contributed by atoms with Gasteiger partial charge in [-0.15, -0.1) is 0 Å². The molecule has 0 aliphatic rings. The van der Waals surface area contributed by atoms with Crippen LogP contribution >= 0.6 is 11.6 Å². The molecular formula is C14H13ClF3N3O. The zero-order valence-electron chi connectivity index (χ0n) is 11.6. The highest BCUT2D eigenvalue weighted by atomic mass is 35.5. The second-order valence-electron chi connectivity index (χ2n) is 4.41. The Bertz CT molecular complexity index is 649. The summed E-state index contributed by atoms with van der Waals surface area (Å²) in [6.07, 6.45) is -3.14. The van der Waals surface area contributed by atoms with E-state index in [1.807, 2.05) is 0 Å². The van der Waals surface area contributed by atoms with E-state index in [-0.39, 0.29) is 18.9 Å². The maximum atomic E-state index is 12.8. The molecule has 0 unspecified atom stereocenters. The smallest absolute Gasteiger partial charge is 0.419 e. The summed E-state index contributed by atoms with van der Waals surface area (Å²) in [6.45, 7) is 2.07. The standard InChI is InChI=1S/C14H13ClF3N3O/c1-9-12(15)20-8-21-13(9)19-6-7-22-11-5-3-2-4-10(11)14(16,17)18/h2-5,8H,6-7H2,1H3,(H,19,20,21). The number of alkyl halides is 3. The van der Waals surface area contributed by atoms with Crippen molar-refractivity contribution in [2.45, 2.75) is 13.1 Å². The Hall–Kier alpha value is -2.02. The Morgan fingerprint density at radius 3 is 2.68 bits per heavy atom. The quantitative estimate of drug-likeness (QED) is 0.665. The number of ether oxygens (including phenoxy) is 1. The molecule has 0 atom stereocenters. The molecule has 1 N–H and O–H groups in total. The molecule has 4 nitrogen and oxygen atoms in total. The molecule has 118 valence electrons. The first kappa shape index (κ1) is 16.4. The monoisotopic (exact) mass is 331 g/mol. The fraction of sp³-hybridized carbons (Fsp3) is 0.286. The minimum atomic E-state index is -4.44. The Balaban J connectivity index is 1.94. The van der Waals surface area contributed by atoms with Crippen molar-refractivity contribution in [2.75, 3.05) is 18.5 Å². The van der Waals surface area contributed by atoms with E-state index < -0.39 is 11.7 Å². The summed E-state index contributed by atoms with van der Waals surface area (Å²) < 4.78 is 43.6. The lowest BCUT2D eigenvalue weighted by Crippen LogP contribution is -2.15. The van der Waals surface area contributed by atoms with Crippen molar-refractivity contribution in [1.82, 2.24) is 9.97 Å². The summed E-state index contributed by atoms with van der Waals surface area (Å²) in [5, 5.41) is 3.26. The molecule has 0 radical (unpaired) electrons. The SMILES string of the molecule is Cc1c(Cl)ncnc1NCCOc1ccccc1C(F)(F)F. The molecule has 0 bridgehead atoms. The van der Waals surface area contributed by atoms with Crippen molar-refractivity contribution in [2.24, 2.45) is 0 Å². The van der Waals surface area contributed by atoms with Gasteiger partial charge in [0.2, 0.25) is 0 Å². The zero-order chi connectivity index (χ0) is 16.2. The van der Waals surface area contributed by atoms with E-state index >= 15 is 0 Å². The van der Waals surface area contributed by atoms with Crippen LogP contribution in [0.5, 0.6) is 5.75 Å². The Labute approximate surface area is 130 Å². The minimum absolute atomic E-state index is 0.0498. The fourth-order valence-corrected chi connectivity index (χ4v) is 1.90. The summed E-state index contributed by atoms with van der Waals surface area (Å²) in [7, 11) is 0. The number of halogens is 4. The fourth-order valence-electron chi connectivity index (χ4n) is 1.76. The number of hydrogen-bond donors (Lipinski definition) is 1. The molecular weight excluding hydrogens is 319 g/mol. The predicted octanol–water partition coefficient (Wildman–Crippen LogP) is 3.95. The summed E-state index contributed by atoms with van der Waals surface area (Å²) in [6, 6.07) is 5.08. The third-order valence-corrected chi connectivity index (χ3v) is 3.25. The summed E-state index contributed by atoms with van der Waals surface area (Å²) in [4.78, 5) is 7.81. The second kappa shape index (κ2) is 6.83. The Morgan fingerprint density at radius 1 is 1.23 bits per heavy atom. The molecule has 0 saturated carbocycles. The number of benzene rings is 1. The highest BCUT2D eigenvalue weighted by Crippen LogP contribution is 2.35. The van der Waals surface area contributed by atoms with Gasteiger partial charge >= 0.3 is 6.18 Å². The first-order chi connectivity index (χ1) is 10.4. The lowest BCUT2D eigenvalue weighted by molar-refractivity contribution is -0.138. The molecule has 1 aromatic carbocycles. The molecule has 2 aromatic rings. The number of nitrogens with one attached hydrogen (secondary N) is 1. The number of rotatable bonds is 5. The van der Waals surface area contributed by atoms with Crippen LogP contribution in [0.1, 0.15) is 11.1 Å². The van der Waals surface area contributed by atoms with Crippen LogP contribution in [0.3, 0.4) is 0 Å². The maximum Gasteiger partial charge on any atom is 0.419 e. The van der Waals surface area contributed by atoms with Crippen LogP contribution in [-0.4, -0.2) is 23.1 Å². The van der Waals surface area contributed by atoms with Crippen LogP contribution < -0.4 is 10.1 Å². The van der Waals surface area contributed by atoms with Crippen molar-refractivity contribution >= 4 is 17.4 Å². The minimum Gasteiger partial charge on any atom is -0.491 e. The first-order valence-corrected chi connectivity index (χ1v) is 6.77. The van der Waals surface area contributed by atoms with Gasteiger partial charge in [-0.3, -0.25) is 0 Å². The van der Waals surface area contributed by atoms with Crippen molar-refractivity contribution in [3.63, 3.8) is 0 Å². The van der Waals surface area contributed by atoms with Crippen molar-refractivity contribution in [1.29, 1.82) is 0 Å². The van der Waals surface area contributed by atoms with E-state index in [0.717, 1.165) is 6.07 Å². The molecule has 0 aliphatic heterocycles. The van der Waals surface area contributed by atoms with Gasteiger partial charge in [-0.25, -0.2) is 9.97 Å². The van der Waals surface area contributed by atoms with Crippen LogP contribution in [-0.2, 0) is 6.18 Å². The molecule has 0 aliphatic carbocycles. The summed E-state index contributed by atoms with van der Waals surface area (Å²) >= 11 is 5.85. The molecule has 8 heteroatoms. The van der Waals surface area contributed by atoms with E-state index in [9.17, 15) is 13.2 Å². The van der Waals surface area contributed by atoms with E-state index in [0.29, 0.717) is 16.5 Å². The third kappa shape index (κ3) is 4.00. The molecule has 2 rings (SSSR count). The molecule has 22 heavy (non-hydrogen) atoms. The average molecular weight is 332 g/mol. The predicted molar refractivity (Wildman–Crippen MR) is 77.2 cm³/mol. The summed E-state index contributed by atoms with van der Waals surface area (Å²) in [5.41, 5.74) is -0.129. The molecule has 0 spiro atoms. The normalized spacial score (nSPS) is 11.3. The van der Waals surface area contributed by atoms with Crippen molar-refractivity contribution in [3.05, 3.63) is 46.9 Å². The largest absolute Gasteiger partial charge is 0.491 e. The van der Waals surface area contributed by atoms with Crippen molar-refractivity contribution < 1.29 is 17.9 Å². The van der Waals surface area contributed by atoms with Gasteiger partial charge in [-0.1, -0.05) is 23.7 Å². The highest BCUT2D eigenvalue weighted by Gasteiger charge is 2.33. The number of para-hydroxylation sites is 1. The van der Waals surface area contributed by atoms with Crippen LogP contribution in [0, 0.1) is 6.92 Å². The van der Waals surface area contributed by atoms with Crippen LogP contribution in [0.25, 0.3) is 0 Å². The lowest BCUT2D eigenvalue weighted by atomic mass is 10.2. The highest BCUT2D eigenvalue weighted by molar-refractivity contribution is 6.30. The molecule has 0 amide bonds. The van der Waals surface area contributed by atoms with Crippen LogP contribution in [0.15, 0.2) is 30.6 Å². The first-order valence-electron chi connectivity index (χ1n) is 6.39. The molecule has 1 aromatic heterocycles. The van der Waals surface area contributed by atoms with Gasteiger partial charge in [0.1, 0.15) is 29.7 Å². The zero-order valence-corrected chi connectivity index (χ0v) is 12.4. The number of hydrogen-bond acceptors (Lipinski definition) is 4. The molecule has 0 fully saturated rings. The van der Waals surface area contributed by atoms with Crippen molar-refractivity contribution in [3.8, 4) is 5.75 Å². The van der Waals surface area contributed by atoms with Gasteiger partial charge < -0.3 is 10.1 Å². The maximum absolute atomic E-state index is 12.8. The Kier molecular flexibility index (Phi) is 5.07. The molecule has 1 heterocycles. The van der Waals surface area contributed by atoms with Crippen LogP contribution in [0.2, 0.25) is 5.15 Å². The topological polar surface area (TPSA) is 47.0 Å². The van der Waals surface area contributed by atoms with E-state index in [2.05, 4.69) is 15.3 Å². The van der Waals surface area contributed by atoms with Gasteiger partial charge in [0.15, 0.2) is 0 Å². The second-order valence-corrected chi connectivity index (χ2v) is 4.77. The van der Waals surface area contributed by atoms with Gasteiger partial charge in [-0.05, 0) is 19.1 Å². The van der Waals surface area contributed by atoms with E-state index in [1.54, 1.807) is 6.92 Å². The average Bonchev–Trinajstić information content (AvgIpc) is 2.47. The van der Waals surface area contributed by atoms with Gasteiger partial charge in [0.05, 0.1) is 12.1 Å². The lowest BCUT2D eigenvalue weighted by Gasteiger charge is -2.14.